The van der Waals surface area contributed by atoms with Gasteiger partial charge in [-0.2, -0.15) is 11.3 Å². The van der Waals surface area contributed by atoms with E-state index in [2.05, 4.69) is 36.0 Å². The van der Waals surface area contributed by atoms with Gasteiger partial charge in [-0.05, 0) is 35.2 Å². The topological polar surface area (TPSA) is 32.3 Å². The highest BCUT2D eigenvalue weighted by Crippen LogP contribution is 2.27. The Labute approximate surface area is 100 Å². The van der Waals surface area contributed by atoms with Crippen molar-refractivity contribution in [3.8, 4) is 0 Å². The van der Waals surface area contributed by atoms with E-state index in [4.69, 9.17) is 0 Å². The van der Waals surface area contributed by atoms with Gasteiger partial charge in [0.15, 0.2) is 0 Å². The number of hydrogen-bond acceptors (Lipinski definition) is 3. The summed E-state index contributed by atoms with van der Waals surface area (Å²) in [4.78, 5) is 14.1. The Hall–Kier alpha value is -0.870. The van der Waals surface area contributed by atoms with Crippen LogP contribution in [0.1, 0.15) is 38.4 Å². The monoisotopic (exact) mass is 238 g/mol. The van der Waals surface area contributed by atoms with Gasteiger partial charge in [0.05, 0.1) is 6.04 Å². The number of nitrogens with one attached hydrogen (secondary N) is 1. The summed E-state index contributed by atoms with van der Waals surface area (Å²) >= 11 is 1.68. The van der Waals surface area contributed by atoms with Gasteiger partial charge in [0.25, 0.3) is 0 Å². The van der Waals surface area contributed by atoms with Gasteiger partial charge in [-0.15, -0.1) is 0 Å². The first-order valence-corrected chi connectivity index (χ1v) is 6.80. The van der Waals surface area contributed by atoms with Crippen LogP contribution >= 0.6 is 11.3 Å². The second-order valence-corrected chi connectivity index (χ2v) is 4.90. The minimum atomic E-state index is -0.00329. The predicted octanol–water partition coefficient (Wildman–Crippen LogP) is 2.37. The first kappa shape index (κ1) is 11.6. The number of amides is 1. The second-order valence-electron chi connectivity index (χ2n) is 4.12. The molecule has 1 aromatic rings. The molecule has 2 unspecified atom stereocenters. The molecular formula is C12H18N2OS. The van der Waals surface area contributed by atoms with Crippen LogP contribution in [0.25, 0.3) is 0 Å². The number of thiophene rings is 1. The van der Waals surface area contributed by atoms with E-state index in [1.54, 1.807) is 11.3 Å². The largest absolute Gasteiger partial charge is 0.322 e. The van der Waals surface area contributed by atoms with Crippen molar-refractivity contribution in [2.75, 3.05) is 6.54 Å². The van der Waals surface area contributed by atoms with Gasteiger partial charge >= 0.3 is 0 Å². The normalized spacial score (nSPS) is 25.4. The van der Waals surface area contributed by atoms with E-state index in [0.717, 1.165) is 19.4 Å². The molecule has 1 aliphatic heterocycles. The minimum absolute atomic E-state index is 0.00329. The number of carbonyl (C=O) groups is 1. The highest BCUT2D eigenvalue weighted by Gasteiger charge is 2.37. The molecule has 0 bridgehead atoms. The Morgan fingerprint density at radius 1 is 1.50 bits per heavy atom. The van der Waals surface area contributed by atoms with E-state index in [1.165, 1.54) is 5.56 Å². The summed E-state index contributed by atoms with van der Waals surface area (Å²) < 4.78 is 0. The molecular weight excluding hydrogens is 220 g/mol. The lowest BCUT2D eigenvalue weighted by molar-refractivity contribution is -0.130. The molecule has 1 N–H and O–H groups in total. The van der Waals surface area contributed by atoms with Gasteiger partial charge < -0.3 is 4.90 Å². The molecule has 0 radical (unpaired) electrons. The fourth-order valence-electron chi connectivity index (χ4n) is 2.16. The summed E-state index contributed by atoms with van der Waals surface area (Å²) in [5.74, 6) is 0.251. The van der Waals surface area contributed by atoms with Crippen molar-refractivity contribution in [3.63, 3.8) is 0 Å². The lowest BCUT2D eigenvalue weighted by Crippen LogP contribution is -2.31. The van der Waals surface area contributed by atoms with Crippen LogP contribution in [0.5, 0.6) is 0 Å². The molecule has 0 aliphatic carbocycles. The Balaban J connectivity index is 2.20. The zero-order valence-corrected chi connectivity index (χ0v) is 10.6. The van der Waals surface area contributed by atoms with Crippen LogP contribution in [-0.4, -0.2) is 23.4 Å². The van der Waals surface area contributed by atoms with Gasteiger partial charge in [0.1, 0.15) is 6.17 Å². The molecule has 1 saturated heterocycles. The maximum Gasteiger partial charge on any atom is 0.241 e. The standard InChI is InChI=1S/C12H18N2OS/c1-3-6-14-11(9-5-7-16-8-9)13-10(4-2)12(14)15/h5,7-8,10-11,13H,3-4,6H2,1-2H3. The molecule has 0 aromatic carbocycles. The number of nitrogens with zero attached hydrogens (tertiary/aromatic N) is 1. The van der Waals surface area contributed by atoms with E-state index in [0.29, 0.717) is 0 Å². The van der Waals surface area contributed by atoms with E-state index in [-0.39, 0.29) is 18.1 Å². The molecule has 1 amide bonds. The van der Waals surface area contributed by atoms with Gasteiger partial charge in [-0.3, -0.25) is 10.1 Å². The average Bonchev–Trinajstić information content (AvgIpc) is 2.89. The van der Waals surface area contributed by atoms with Crippen LogP contribution in [0, 0.1) is 0 Å². The third kappa shape index (κ3) is 1.99. The maximum atomic E-state index is 12.1. The minimum Gasteiger partial charge on any atom is -0.322 e. The molecule has 0 spiro atoms. The van der Waals surface area contributed by atoms with Crippen LogP contribution in [0.2, 0.25) is 0 Å². The zero-order valence-electron chi connectivity index (χ0n) is 9.77. The smallest absolute Gasteiger partial charge is 0.241 e. The molecule has 2 atom stereocenters. The number of hydrogen-bond donors (Lipinski definition) is 1. The number of carbonyl (C=O) groups excluding carboxylic acids is 1. The Morgan fingerprint density at radius 3 is 2.88 bits per heavy atom. The average molecular weight is 238 g/mol. The van der Waals surface area contributed by atoms with Crippen molar-refractivity contribution in [1.82, 2.24) is 10.2 Å². The first-order chi connectivity index (χ1) is 7.77. The molecule has 2 heterocycles. The first-order valence-electron chi connectivity index (χ1n) is 5.86. The van der Waals surface area contributed by atoms with Crippen molar-refractivity contribution in [2.24, 2.45) is 0 Å². The SMILES string of the molecule is CCCN1C(=O)C(CC)NC1c1ccsc1. The molecule has 88 valence electrons. The molecule has 1 aromatic heterocycles. The van der Waals surface area contributed by atoms with E-state index >= 15 is 0 Å². The third-order valence-electron chi connectivity index (χ3n) is 2.98. The number of rotatable bonds is 4. The fraction of sp³-hybridized carbons (Fsp3) is 0.583. The van der Waals surface area contributed by atoms with Crippen LogP contribution < -0.4 is 5.32 Å². The van der Waals surface area contributed by atoms with Crippen molar-refractivity contribution >= 4 is 17.2 Å². The summed E-state index contributed by atoms with van der Waals surface area (Å²) in [6.45, 7) is 5.00. The fourth-order valence-corrected chi connectivity index (χ4v) is 2.84. The molecule has 0 saturated carbocycles. The van der Waals surface area contributed by atoms with Gasteiger partial charge in [0.2, 0.25) is 5.91 Å². The van der Waals surface area contributed by atoms with E-state index in [1.807, 2.05) is 4.90 Å². The van der Waals surface area contributed by atoms with Crippen molar-refractivity contribution in [2.45, 2.75) is 38.9 Å². The highest BCUT2D eigenvalue weighted by molar-refractivity contribution is 7.07. The predicted molar refractivity (Wildman–Crippen MR) is 66.3 cm³/mol. The lowest BCUT2D eigenvalue weighted by Gasteiger charge is -2.22. The molecule has 1 fully saturated rings. The second kappa shape index (κ2) is 4.97. The van der Waals surface area contributed by atoms with E-state index in [9.17, 15) is 4.79 Å². The van der Waals surface area contributed by atoms with Crippen molar-refractivity contribution < 1.29 is 4.79 Å². The van der Waals surface area contributed by atoms with Crippen LogP contribution in [-0.2, 0) is 4.79 Å². The van der Waals surface area contributed by atoms with Crippen molar-refractivity contribution in [1.29, 1.82) is 0 Å². The Morgan fingerprint density at radius 2 is 2.31 bits per heavy atom. The maximum absolute atomic E-state index is 12.1. The van der Waals surface area contributed by atoms with Gasteiger partial charge in [0, 0.05) is 6.54 Å². The van der Waals surface area contributed by atoms with Crippen LogP contribution in [0.4, 0.5) is 0 Å². The zero-order chi connectivity index (χ0) is 11.5. The van der Waals surface area contributed by atoms with Gasteiger partial charge in [-0.25, -0.2) is 0 Å². The van der Waals surface area contributed by atoms with E-state index < -0.39 is 0 Å². The van der Waals surface area contributed by atoms with Crippen LogP contribution in [0.15, 0.2) is 16.8 Å². The molecule has 2 rings (SSSR count). The summed E-state index contributed by atoms with van der Waals surface area (Å²) in [5.41, 5.74) is 1.21. The highest BCUT2D eigenvalue weighted by atomic mass is 32.1. The Kier molecular flexibility index (Phi) is 3.61. The Bertz CT molecular complexity index is 350. The summed E-state index contributed by atoms with van der Waals surface area (Å²) in [6.07, 6.45) is 1.95. The van der Waals surface area contributed by atoms with Gasteiger partial charge in [-0.1, -0.05) is 13.8 Å². The summed E-state index contributed by atoms with van der Waals surface area (Å²) in [6, 6.07) is 2.09. The summed E-state index contributed by atoms with van der Waals surface area (Å²) in [7, 11) is 0. The van der Waals surface area contributed by atoms with Crippen LogP contribution in [0.3, 0.4) is 0 Å². The third-order valence-corrected chi connectivity index (χ3v) is 3.69. The summed E-state index contributed by atoms with van der Waals surface area (Å²) in [5, 5.41) is 7.59. The molecule has 1 aliphatic rings. The van der Waals surface area contributed by atoms with Crippen molar-refractivity contribution in [3.05, 3.63) is 22.4 Å². The molecule has 16 heavy (non-hydrogen) atoms. The lowest BCUT2D eigenvalue weighted by atomic mass is 10.2. The molecule has 4 heteroatoms. The quantitative estimate of drug-likeness (QED) is 0.873. The molecule has 3 nitrogen and oxygen atoms in total.